The Labute approximate surface area is 164 Å². The number of hydrogen-bond donors (Lipinski definition) is 1. The fourth-order valence-electron chi connectivity index (χ4n) is 4.26. The van der Waals surface area contributed by atoms with Gasteiger partial charge in [0.2, 0.25) is 5.75 Å². The Kier molecular flexibility index (Phi) is 4.40. The molecule has 2 aliphatic carbocycles. The number of fused-ring (bicyclic) bond motifs is 5. The molecule has 1 saturated carbocycles. The van der Waals surface area contributed by atoms with E-state index in [-0.39, 0.29) is 35.0 Å². The molecule has 1 aromatic rings. The molecule has 1 aromatic carbocycles. The van der Waals surface area contributed by atoms with Crippen LogP contribution in [0, 0.1) is 33.8 Å². The van der Waals surface area contributed by atoms with E-state index in [1.54, 1.807) is 0 Å². The second-order valence-electron chi connectivity index (χ2n) is 7.28. The Morgan fingerprint density at radius 1 is 1.31 bits per heavy atom. The van der Waals surface area contributed by atoms with Crippen molar-refractivity contribution >= 4 is 29.7 Å². The Balaban J connectivity index is 1.64. The van der Waals surface area contributed by atoms with Crippen LogP contribution >= 0.6 is 0 Å². The zero-order valence-corrected chi connectivity index (χ0v) is 15.3. The van der Waals surface area contributed by atoms with Gasteiger partial charge in [0, 0.05) is 11.6 Å². The third kappa shape index (κ3) is 2.96. The van der Waals surface area contributed by atoms with Gasteiger partial charge in [0.15, 0.2) is 6.10 Å². The average molecular weight is 399 g/mol. The summed E-state index contributed by atoms with van der Waals surface area (Å²) in [4.78, 5) is 47.1. The van der Waals surface area contributed by atoms with Crippen molar-refractivity contribution < 1.29 is 29.2 Å². The molecule has 1 N–H and O–H groups in total. The van der Waals surface area contributed by atoms with Crippen LogP contribution in [0.1, 0.15) is 18.9 Å². The van der Waals surface area contributed by atoms with Crippen molar-refractivity contribution in [3.05, 3.63) is 46.0 Å². The molecule has 0 radical (unpaired) electrons. The number of rotatable bonds is 6. The van der Waals surface area contributed by atoms with Gasteiger partial charge < -0.3 is 9.84 Å². The molecule has 1 aliphatic heterocycles. The molecule has 1 saturated heterocycles. The number of carboxylic acid groups (broad SMARTS) is 1. The van der Waals surface area contributed by atoms with Gasteiger partial charge in [-0.25, -0.2) is 4.79 Å². The molecule has 2 fully saturated rings. The summed E-state index contributed by atoms with van der Waals surface area (Å²) in [5.74, 6) is -3.13. The second-order valence-corrected chi connectivity index (χ2v) is 7.28. The first-order valence-electron chi connectivity index (χ1n) is 9.06. The summed E-state index contributed by atoms with van der Waals surface area (Å²) in [7, 11) is 0. The Morgan fingerprint density at radius 3 is 2.48 bits per heavy atom. The number of ether oxygens (including phenoxy) is 1. The van der Waals surface area contributed by atoms with Gasteiger partial charge in [0.1, 0.15) is 0 Å². The van der Waals surface area contributed by atoms with Crippen LogP contribution in [0.2, 0.25) is 0 Å². The largest absolute Gasteiger partial charge is 0.479 e. The molecule has 0 aromatic heterocycles. The number of allylic oxidation sites excluding steroid dienone is 2. The number of aliphatic carboxylic acids is 1. The first-order chi connectivity index (χ1) is 13.8. The molecular formula is C19H17N3O7. The zero-order chi connectivity index (χ0) is 20.9. The zero-order valence-electron chi connectivity index (χ0n) is 15.3. The lowest BCUT2D eigenvalue weighted by atomic mass is 9.85. The van der Waals surface area contributed by atoms with Crippen LogP contribution < -0.4 is 4.74 Å². The highest BCUT2D eigenvalue weighted by Gasteiger charge is 2.59. The topological polar surface area (TPSA) is 139 Å². The third-order valence-electron chi connectivity index (χ3n) is 5.62. The van der Waals surface area contributed by atoms with E-state index in [1.165, 1.54) is 25.1 Å². The van der Waals surface area contributed by atoms with Crippen molar-refractivity contribution in [2.75, 3.05) is 0 Å². The maximum absolute atomic E-state index is 12.7. The lowest BCUT2D eigenvalue weighted by molar-refractivity contribution is -0.386. The monoisotopic (exact) mass is 399 g/mol. The molecule has 150 valence electrons. The number of nitro benzene ring substituents is 1. The second kappa shape index (κ2) is 6.80. The summed E-state index contributed by atoms with van der Waals surface area (Å²) >= 11 is 0. The number of hydrazone groups is 1. The van der Waals surface area contributed by atoms with E-state index in [2.05, 4.69) is 5.10 Å². The van der Waals surface area contributed by atoms with Crippen molar-refractivity contribution in [2.24, 2.45) is 28.8 Å². The number of para-hydroxylation sites is 1. The van der Waals surface area contributed by atoms with Gasteiger partial charge in [-0.3, -0.25) is 19.7 Å². The summed E-state index contributed by atoms with van der Waals surface area (Å²) in [5, 5.41) is 25.2. The standard InChI is InChI=1S/C19H17N3O7/c1-9(19(25)26)29-16-12(3-2-4-13(16)22(27)28)8-20-21-17(23)14-10-5-6-11(7-10)15(14)18(21)24/h2-6,8-11,14-15H,7H2,1H3,(H,25,26). The molecule has 2 amide bonds. The quantitative estimate of drug-likeness (QED) is 0.252. The fraction of sp³-hybridized carbons (Fsp3) is 0.368. The average Bonchev–Trinajstić information content (AvgIpc) is 3.35. The Hall–Kier alpha value is -3.56. The number of carbonyl (C=O) groups is 3. The summed E-state index contributed by atoms with van der Waals surface area (Å²) in [6.45, 7) is 1.23. The number of imide groups is 1. The van der Waals surface area contributed by atoms with E-state index >= 15 is 0 Å². The maximum Gasteiger partial charge on any atom is 0.344 e. The molecule has 5 atom stereocenters. The molecule has 29 heavy (non-hydrogen) atoms. The molecule has 1 heterocycles. The summed E-state index contributed by atoms with van der Waals surface area (Å²) in [6.07, 6.45) is 4.48. The van der Waals surface area contributed by atoms with Crippen molar-refractivity contribution in [1.82, 2.24) is 5.01 Å². The maximum atomic E-state index is 12.7. The number of nitrogens with zero attached hydrogens (tertiary/aromatic N) is 3. The lowest BCUT2D eigenvalue weighted by Gasteiger charge is -2.14. The fourth-order valence-corrected chi connectivity index (χ4v) is 4.26. The summed E-state index contributed by atoms with van der Waals surface area (Å²) in [6, 6.07) is 3.98. The van der Waals surface area contributed by atoms with Crippen molar-refractivity contribution in [1.29, 1.82) is 0 Å². The van der Waals surface area contributed by atoms with Crippen LogP contribution in [0.3, 0.4) is 0 Å². The normalized spacial score (nSPS) is 28.2. The first-order valence-corrected chi connectivity index (χ1v) is 9.06. The van der Waals surface area contributed by atoms with Crippen molar-refractivity contribution in [3.63, 3.8) is 0 Å². The van der Waals surface area contributed by atoms with Crippen LogP contribution in [0.15, 0.2) is 35.5 Å². The Morgan fingerprint density at radius 2 is 1.93 bits per heavy atom. The molecule has 10 heteroatoms. The smallest absolute Gasteiger partial charge is 0.344 e. The number of carbonyl (C=O) groups excluding carboxylic acids is 2. The predicted molar refractivity (Wildman–Crippen MR) is 98.0 cm³/mol. The number of amides is 2. The SMILES string of the molecule is CC(Oc1c(C=NN2C(=O)C3C4C=CC(C4)C3C2=O)cccc1[N+](=O)[O-])C(=O)O. The van der Waals surface area contributed by atoms with Gasteiger partial charge in [-0.1, -0.05) is 18.2 Å². The van der Waals surface area contributed by atoms with Crippen LogP contribution in [0.25, 0.3) is 0 Å². The van der Waals surface area contributed by atoms with Gasteiger partial charge in [0.05, 0.1) is 23.0 Å². The Bertz CT molecular complexity index is 956. The number of hydrogen-bond acceptors (Lipinski definition) is 7. The molecule has 10 nitrogen and oxygen atoms in total. The van der Waals surface area contributed by atoms with E-state index in [1.807, 2.05) is 12.2 Å². The van der Waals surface area contributed by atoms with Gasteiger partial charge in [0.25, 0.3) is 11.8 Å². The van der Waals surface area contributed by atoms with Gasteiger partial charge >= 0.3 is 11.7 Å². The lowest BCUT2D eigenvalue weighted by Crippen LogP contribution is -2.28. The van der Waals surface area contributed by atoms with Gasteiger partial charge in [-0.15, -0.1) is 0 Å². The molecule has 0 spiro atoms. The van der Waals surface area contributed by atoms with Crippen LogP contribution in [0.5, 0.6) is 5.75 Å². The number of carboxylic acids is 1. The van der Waals surface area contributed by atoms with Crippen LogP contribution in [-0.4, -0.2) is 45.1 Å². The van der Waals surface area contributed by atoms with Gasteiger partial charge in [-0.2, -0.15) is 10.1 Å². The third-order valence-corrected chi connectivity index (χ3v) is 5.62. The van der Waals surface area contributed by atoms with Gasteiger partial charge in [-0.05, 0) is 31.2 Å². The molecule has 3 aliphatic rings. The predicted octanol–water partition coefficient (Wildman–Crippen LogP) is 1.59. The van der Waals surface area contributed by atoms with E-state index in [0.717, 1.165) is 17.6 Å². The minimum atomic E-state index is -1.35. The van der Waals surface area contributed by atoms with E-state index in [4.69, 9.17) is 9.84 Å². The van der Waals surface area contributed by atoms with E-state index < -0.39 is 34.5 Å². The highest BCUT2D eigenvalue weighted by molar-refractivity contribution is 6.07. The number of nitro groups is 1. The molecule has 5 unspecified atom stereocenters. The van der Waals surface area contributed by atoms with Crippen LogP contribution in [0.4, 0.5) is 5.69 Å². The summed E-state index contributed by atoms with van der Waals surface area (Å²) in [5.41, 5.74) is -0.355. The van der Waals surface area contributed by atoms with E-state index in [9.17, 15) is 24.5 Å². The van der Waals surface area contributed by atoms with E-state index in [0.29, 0.717) is 0 Å². The number of benzene rings is 1. The highest BCUT2D eigenvalue weighted by Crippen LogP contribution is 2.52. The van der Waals surface area contributed by atoms with Crippen molar-refractivity contribution in [3.8, 4) is 5.75 Å². The minimum Gasteiger partial charge on any atom is -0.479 e. The highest BCUT2D eigenvalue weighted by atomic mass is 16.6. The first kappa shape index (κ1) is 18.8. The van der Waals surface area contributed by atoms with Crippen LogP contribution in [-0.2, 0) is 14.4 Å². The molecular weight excluding hydrogens is 382 g/mol. The molecule has 2 bridgehead atoms. The molecule has 4 rings (SSSR count). The summed E-state index contributed by atoms with van der Waals surface area (Å²) < 4.78 is 5.26. The van der Waals surface area contributed by atoms with Crippen molar-refractivity contribution in [2.45, 2.75) is 19.4 Å². The minimum absolute atomic E-state index is 0.0368.